The molecule has 0 radical (unpaired) electrons. The van der Waals surface area contributed by atoms with Crippen LogP contribution in [0.25, 0.3) is 10.4 Å². The third kappa shape index (κ3) is 3.21. The van der Waals surface area contributed by atoms with Crippen LogP contribution in [0.2, 0.25) is 0 Å². The summed E-state index contributed by atoms with van der Waals surface area (Å²) in [5, 5.41) is 3.61. The van der Waals surface area contributed by atoms with Gasteiger partial charge in [0.2, 0.25) is 0 Å². The molecular formula is C7H12N4O2. The lowest BCUT2D eigenvalue weighted by atomic mass is 9.94. The van der Waals surface area contributed by atoms with E-state index in [1.807, 2.05) is 0 Å². The molecule has 1 rings (SSSR count). The van der Waals surface area contributed by atoms with Crippen LogP contribution in [-0.4, -0.2) is 18.2 Å². The Balaban J connectivity index is 2.30. The van der Waals surface area contributed by atoms with Crippen molar-refractivity contribution >= 4 is 6.09 Å². The second kappa shape index (κ2) is 4.57. The van der Waals surface area contributed by atoms with E-state index in [2.05, 4.69) is 10.0 Å². The lowest BCUT2D eigenvalue weighted by Crippen LogP contribution is -2.28. The van der Waals surface area contributed by atoms with Crippen molar-refractivity contribution in [3.63, 3.8) is 0 Å². The molecule has 0 aromatic carbocycles. The van der Waals surface area contributed by atoms with Crippen molar-refractivity contribution in [1.82, 2.24) is 0 Å². The van der Waals surface area contributed by atoms with E-state index < -0.39 is 6.09 Å². The molecule has 1 fully saturated rings. The highest BCUT2D eigenvalue weighted by atomic mass is 16.6. The number of primary amides is 1. The van der Waals surface area contributed by atoms with Gasteiger partial charge in [-0.1, -0.05) is 5.11 Å². The Morgan fingerprint density at radius 3 is 2.54 bits per heavy atom. The van der Waals surface area contributed by atoms with Crippen molar-refractivity contribution in [3.8, 4) is 0 Å². The molecule has 0 aromatic heterocycles. The van der Waals surface area contributed by atoms with Gasteiger partial charge in [0.05, 0.1) is 0 Å². The van der Waals surface area contributed by atoms with Crippen LogP contribution in [0.3, 0.4) is 0 Å². The zero-order chi connectivity index (χ0) is 9.68. The van der Waals surface area contributed by atoms with Crippen molar-refractivity contribution in [2.75, 3.05) is 0 Å². The first-order valence-electron chi connectivity index (χ1n) is 4.22. The van der Waals surface area contributed by atoms with Gasteiger partial charge in [-0.15, -0.1) is 0 Å². The largest absolute Gasteiger partial charge is 0.446 e. The Bertz CT molecular complexity index is 229. The average molecular weight is 184 g/mol. The fraction of sp³-hybridized carbons (Fsp3) is 0.857. The van der Waals surface area contributed by atoms with Gasteiger partial charge in [-0.3, -0.25) is 0 Å². The van der Waals surface area contributed by atoms with Crippen molar-refractivity contribution in [1.29, 1.82) is 0 Å². The number of azide groups is 1. The second-order valence-corrected chi connectivity index (χ2v) is 3.07. The molecule has 6 heteroatoms. The molecule has 0 heterocycles. The van der Waals surface area contributed by atoms with Gasteiger partial charge in [0.15, 0.2) is 0 Å². The highest BCUT2D eigenvalue weighted by molar-refractivity contribution is 5.64. The first-order valence-corrected chi connectivity index (χ1v) is 4.22. The third-order valence-electron chi connectivity index (χ3n) is 2.14. The number of amides is 1. The summed E-state index contributed by atoms with van der Waals surface area (Å²) in [5.41, 5.74) is 13.1. The summed E-state index contributed by atoms with van der Waals surface area (Å²) in [5.74, 6) is 0. The van der Waals surface area contributed by atoms with Crippen molar-refractivity contribution in [2.45, 2.75) is 37.8 Å². The number of ether oxygens (including phenoxy) is 1. The standard InChI is InChI=1S/C7H12N4O2/c8-7(12)13-6-3-1-5(2-4-6)10-11-9/h5-6H,1-4H2,(H2,8,12)/t5-,6-. The van der Waals surface area contributed by atoms with Gasteiger partial charge in [0.1, 0.15) is 6.10 Å². The topological polar surface area (TPSA) is 101 Å². The second-order valence-electron chi connectivity index (χ2n) is 3.07. The number of hydrogen-bond donors (Lipinski definition) is 1. The Kier molecular flexibility index (Phi) is 3.40. The maximum Gasteiger partial charge on any atom is 0.404 e. The van der Waals surface area contributed by atoms with Crippen LogP contribution in [0.15, 0.2) is 5.11 Å². The molecule has 1 aliphatic rings. The molecule has 13 heavy (non-hydrogen) atoms. The summed E-state index contributed by atoms with van der Waals surface area (Å²) in [6.45, 7) is 0. The van der Waals surface area contributed by atoms with Gasteiger partial charge in [-0.25, -0.2) is 4.79 Å². The van der Waals surface area contributed by atoms with Gasteiger partial charge in [-0.05, 0) is 31.2 Å². The van der Waals surface area contributed by atoms with Crippen LogP contribution >= 0.6 is 0 Å². The SMILES string of the molecule is [N-]=[N+]=N[C@H]1CC[C@H](OC(N)=O)CC1. The molecule has 0 spiro atoms. The van der Waals surface area contributed by atoms with Crippen LogP contribution in [0.4, 0.5) is 4.79 Å². The maximum atomic E-state index is 10.4. The van der Waals surface area contributed by atoms with Crippen molar-refractivity contribution < 1.29 is 9.53 Å². The molecule has 0 atom stereocenters. The van der Waals surface area contributed by atoms with Crippen LogP contribution in [-0.2, 0) is 4.74 Å². The van der Waals surface area contributed by atoms with E-state index in [9.17, 15) is 4.79 Å². The van der Waals surface area contributed by atoms with E-state index in [-0.39, 0.29) is 12.1 Å². The molecule has 2 N–H and O–H groups in total. The molecule has 1 saturated carbocycles. The predicted octanol–water partition coefficient (Wildman–Crippen LogP) is 1.70. The molecule has 0 bridgehead atoms. The van der Waals surface area contributed by atoms with Crippen LogP contribution in [0.1, 0.15) is 25.7 Å². The minimum atomic E-state index is -0.729. The van der Waals surface area contributed by atoms with E-state index in [4.69, 9.17) is 16.0 Å². The van der Waals surface area contributed by atoms with Gasteiger partial charge >= 0.3 is 6.09 Å². The van der Waals surface area contributed by atoms with Crippen molar-refractivity contribution in [3.05, 3.63) is 10.4 Å². The third-order valence-corrected chi connectivity index (χ3v) is 2.14. The normalized spacial score (nSPS) is 27.4. The molecule has 0 aliphatic heterocycles. The summed E-state index contributed by atoms with van der Waals surface area (Å²) in [6.07, 6.45) is 2.17. The number of carbonyl (C=O) groups is 1. The van der Waals surface area contributed by atoms with Crippen LogP contribution in [0, 0.1) is 0 Å². The molecule has 1 aliphatic carbocycles. The highest BCUT2D eigenvalue weighted by Crippen LogP contribution is 2.23. The van der Waals surface area contributed by atoms with Gasteiger partial charge < -0.3 is 10.5 Å². The number of nitrogens with zero attached hydrogens (tertiary/aromatic N) is 3. The first kappa shape index (κ1) is 9.67. The molecule has 0 aromatic rings. The summed E-state index contributed by atoms with van der Waals surface area (Å²) in [4.78, 5) is 13.1. The smallest absolute Gasteiger partial charge is 0.404 e. The first-order chi connectivity index (χ1) is 6.22. The van der Waals surface area contributed by atoms with Crippen LogP contribution in [0.5, 0.6) is 0 Å². The minimum absolute atomic E-state index is 0.0535. The Morgan fingerprint density at radius 2 is 2.08 bits per heavy atom. The zero-order valence-electron chi connectivity index (χ0n) is 7.22. The Hall–Kier alpha value is -1.42. The minimum Gasteiger partial charge on any atom is -0.446 e. The summed E-state index contributed by atoms with van der Waals surface area (Å²) in [6, 6.07) is 0.0535. The zero-order valence-corrected chi connectivity index (χ0v) is 7.22. The maximum absolute atomic E-state index is 10.4. The molecule has 1 amide bonds. The molecule has 6 nitrogen and oxygen atoms in total. The van der Waals surface area contributed by atoms with E-state index in [1.165, 1.54) is 0 Å². The molecule has 72 valence electrons. The predicted molar refractivity (Wildman–Crippen MR) is 45.9 cm³/mol. The Labute approximate surface area is 75.7 Å². The van der Waals surface area contributed by atoms with E-state index in [0.29, 0.717) is 0 Å². The van der Waals surface area contributed by atoms with E-state index in [1.54, 1.807) is 0 Å². The number of hydrogen-bond acceptors (Lipinski definition) is 3. The summed E-state index contributed by atoms with van der Waals surface area (Å²) < 4.78 is 4.82. The fourth-order valence-corrected chi connectivity index (χ4v) is 1.52. The lowest BCUT2D eigenvalue weighted by molar-refractivity contribution is 0.0792. The quantitative estimate of drug-likeness (QED) is 0.401. The van der Waals surface area contributed by atoms with E-state index >= 15 is 0 Å². The molecular weight excluding hydrogens is 172 g/mol. The van der Waals surface area contributed by atoms with Crippen LogP contribution < -0.4 is 5.73 Å². The van der Waals surface area contributed by atoms with Crippen molar-refractivity contribution in [2.24, 2.45) is 10.8 Å². The van der Waals surface area contributed by atoms with Gasteiger partial charge in [-0.2, -0.15) is 0 Å². The van der Waals surface area contributed by atoms with Gasteiger partial charge in [0, 0.05) is 11.0 Å². The fourth-order valence-electron chi connectivity index (χ4n) is 1.52. The number of nitrogens with two attached hydrogens (primary N) is 1. The monoisotopic (exact) mass is 184 g/mol. The summed E-state index contributed by atoms with van der Waals surface area (Å²) in [7, 11) is 0. The average Bonchev–Trinajstić information content (AvgIpc) is 2.08. The van der Waals surface area contributed by atoms with Gasteiger partial charge in [0.25, 0.3) is 0 Å². The summed E-state index contributed by atoms with van der Waals surface area (Å²) >= 11 is 0. The van der Waals surface area contributed by atoms with E-state index in [0.717, 1.165) is 25.7 Å². The highest BCUT2D eigenvalue weighted by Gasteiger charge is 2.22. The molecule has 0 saturated heterocycles. The molecule has 0 unspecified atom stereocenters. The number of carbonyl (C=O) groups excluding carboxylic acids is 1. The lowest BCUT2D eigenvalue weighted by Gasteiger charge is -2.24. The number of rotatable bonds is 2. The Morgan fingerprint density at radius 1 is 1.46 bits per heavy atom.